The van der Waals surface area contributed by atoms with Crippen LogP contribution in [0.3, 0.4) is 0 Å². The van der Waals surface area contributed by atoms with Crippen LogP contribution in [0.5, 0.6) is 0 Å². The molecule has 0 aliphatic heterocycles. The van der Waals surface area contributed by atoms with Crippen molar-refractivity contribution in [1.82, 2.24) is 0 Å². The molecule has 0 aliphatic rings. The molecule has 0 unspecified atom stereocenters. The van der Waals surface area contributed by atoms with Gasteiger partial charge in [-0.2, -0.15) is 0 Å². The van der Waals surface area contributed by atoms with Gasteiger partial charge in [0.15, 0.2) is 0 Å². The molecule has 0 saturated heterocycles. The zero-order chi connectivity index (χ0) is 32.2. The third-order valence-electron chi connectivity index (χ3n) is 7.04. The summed E-state index contributed by atoms with van der Waals surface area (Å²) >= 11 is 0. The third-order valence-corrected chi connectivity index (χ3v) is 14.7. The lowest BCUT2D eigenvalue weighted by atomic mass is 10.4. The van der Waals surface area contributed by atoms with E-state index in [9.17, 15) is 0 Å². The monoisotopic (exact) mass is 674 g/mol. The molecular formula is C42H30OP4. The quantitative estimate of drug-likeness (QED) is 0.128. The zero-order valence-corrected chi connectivity index (χ0v) is 29.1. The lowest BCUT2D eigenvalue weighted by Crippen LogP contribution is -2.10. The molecule has 0 N–H and O–H groups in total. The largest absolute Gasteiger partial charge is 0.292 e. The van der Waals surface area contributed by atoms with Gasteiger partial charge in [-0.3, -0.25) is 4.57 Å². The summed E-state index contributed by atoms with van der Waals surface area (Å²) in [6, 6.07) is 61.3. The van der Waals surface area contributed by atoms with Gasteiger partial charge in [-0.05, 0) is 48.8 Å². The Hall–Kier alpha value is -4.48. The molecule has 0 amide bonds. The summed E-state index contributed by atoms with van der Waals surface area (Å²) in [6.07, 6.45) is 0. The number of rotatable bonds is 6. The Morgan fingerprint density at radius 1 is 0.298 bits per heavy atom. The van der Waals surface area contributed by atoms with Crippen molar-refractivity contribution in [2.75, 3.05) is 0 Å². The number of benzene rings is 6. The first-order valence-corrected chi connectivity index (χ1v) is 20.8. The van der Waals surface area contributed by atoms with Crippen molar-refractivity contribution in [2.45, 2.75) is 0 Å². The molecule has 0 radical (unpaired) electrons. The van der Waals surface area contributed by atoms with Crippen molar-refractivity contribution in [3.05, 3.63) is 182 Å². The van der Waals surface area contributed by atoms with E-state index >= 15 is 4.57 Å². The lowest BCUT2D eigenvalue weighted by Gasteiger charge is -2.13. The van der Waals surface area contributed by atoms with Gasteiger partial charge in [-0.1, -0.05) is 199 Å². The minimum atomic E-state index is -3.64. The summed E-state index contributed by atoms with van der Waals surface area (Å²) in [5.74, 6) is 0. The van der Waals surface area contributed by atoms with Gasteiger partial charge in [0, 0.05) is 23.8 Å². The predicted molar refractivity (Wildman–Crippen MR) is 208 cm³/mol. The summed E-state index contributed by atoms with van der Waals surface area (Å²) in [7, 11) is -6.94. The topological polar surface area (TPSA) is 17.1 Å². The molecule has 6 rings (SSSR count). The van der Waals surface area contributed by atoms with Crippen molar-refractivity contribution in [2.24, 2.45) is 0 Å². The van der Waals surface area contributed by atoms with Crippen molar-refractivity contribution in [3.8, 4) is 34.0 Å². The van der Waals surface area contributed by atoms with E-state index in [0.29, 0.717) is 0 Å². The number of hydrogen-bond donors (Lipinski definition) is 0. The molecule has 0 heterocycles. The molecule has 6 aromatic rings. The summed E-state index contributed by atoms with van der Waals surface area (Å²) in [6.45, 7) is 0. The molecule has 0 fully saturated rings. The highest BCUT2D eigenvalue weighted by Gasteiger charge is 2.19. The van der Waals surface area contributed by atoms with Crippen LogP contribution < -0.4 is 31.8 Å². The van der Waals surface area contributed by atoms with Crippen LogP contribution in [-0.4, -0.2) is 0 Å². The van der Waals surface area contributed by atoms with Gasteiger partial charge in [-0.25, -0.2) is 0 Å². The smallest absolute Gasteiger partial charge is 0.282 e. The second-order valence-electron chi connectivity index (χ2n) is 10.3. The van der Waals surface area contributed by atoms with Crippen molar-refractivity contribution >= 4 is 62.7 Å². The fraction of sp³-hybridized carbons (Fsp3) is 0. The van der Waals surface area contributed by atoms with Crippen LogP contribution >= 0.6 is 30.9 Å². The summed E-state index contributed by atoms with van der Waals surface area (Å²) < 4.78 is 15.0. The van der Waals surface area contributed by atoms with E-state index in [1.165, 1.54) is 0 Å². The van der Waals surface area contributed by atoms with Crippen LogP contribution in [0.4, 0.5) is 0 Å². The SMILES string of the molecule is O=P(C#CP(c1ccccc1)c1ccccc1)(C#CP(c1ccccc1)c1ccccc1)C#CP(c1ccccc1)c1ccccc1. The van der Waals surface area contributed by atoms with E-state index in [1.54, 1.807) is 0 Å². The van der Waals surface area contributed by atoms with Crippen molar-refractivity contribution in [3.63, 3.8) is 0 Å². The van der Waals surface area contributed by atoms with E-state index < -0.39 is 30.9 Å². The van der Waals surface area contributed by atoms with E-state index in [2.05, 4.69) is 107 Å². The average Bonchev–Trinajstić information content (AvgIpc) is 3.15. The summed E-state index contributed by atoms with van der Waals surface area (Å²) in [5, 5.41) is 6.59. The average molecular weight is 675 g/mol. The van der Waals surface area contributed by atoms with Gasteiger partial charge in [0.1, 0.15) is 0 Å². The Morgan fingerprint density at radius 2 is 0.468 bits per heavy atom. The highest BCUT2D eigenvalue weighted by Crippen LogP contribution is 2.47. The first-order valence-electron chi connectivity index (χ1n) is 15.1. The Bertz CT molecular complexity index is 1750. The first kappa shape index (κ1) is 32.5. The molecule has 0 aromatic heterocycles. The minimum Gasteiger partial charge on any atom is -0.282 e. The Kier molecular flexibility index (Phi) is 11.3. The van der Waals surface area contributed by atoms with E-state index in [4.69, 9.17) is 0 Å². The highest BCUT2D eigenvalue weighted by atomic mass is 31.2. The van der Waals surface area contributed by atoms with Gasteiger partial charge in [0.25, 0.3) is 7.14 Å². The van der Waals surface area contributed by atoms with E-state index in [1.807, 2.05) is 109 Å². The standard InChI is InChI=1S/C42H30OP4/c43-47(34-31-44(37-19-7-1-8-20-37)38-21-9-2-10-22-38,35-32-45(39-23-11-3-12-24-39)40-25-13-4-14-26-40)36-33-46(41-27-15-5-16-28-41)42-29-17-6-18-30-42/h1-30H. The van der Waals surface area contributed by atoms with Crippen LogP contribution in [-0.2, 0) is 4.57 Å². The van der Waals surface area contributed by atoms with Crippen LogP contribution in [0, 0.1) is 34.0 Å². The maximum absolute atomic E-state index is 15.0. The molecule has 5 heteroatoms. The molecule has 224 valence electrons. The van der Waals surface area contributed by atoms with Crippen LogP contribution in [0.2, 0.25) is 0 Å². The highest BCUT2D eigenvalue weighted by molar-refractivity contribution is 7.84. The zero-order valence-electron chi connectivity index (χ0n) is 25.5. The Morgan fingerprint density at radius 3 is 0.638 bits per heavy atom. The van der Waals surface area contributed by atoms with Crippen molar-refractivity contribution in [1.29, 1.82) is 0 Å². The normalized spacial score (nSPS) is 10.7. The van der Waals surface area contributed by atoms with E-state index in [-0.39, 0.29) is 0 Å². The first-order chi connectivity index (χ1) is 23.2. The second kappa shape index (κ2) is 16.4. The predicted octanol–water partition coefficient (Wildman–Crippen LogP) is 8.50. The van der Waals surface area contributed by atoms with Crippen LogP contribution in [0.25, 0.3) is 0 Å². The van der Waals surface area contributed by atoms with Crippen LogP contribution in [0.1, 0.15) is 0 Å². The third kappa shape index (κ3) is 8.87. The van der Waals surface area contributed by atoms with Gasteiger partial charge < -0.3 is 0 Å². The fourth-order valence-electron chi connectivity index (χ4n) is 4.74. The molecule has 0 aliphatic carbocycles. The molecule has 0 bridgehead atoms. The van der Waals surface area contributed by atoms with E-state index in [0.717, 1.165) is 31.8 Å². The maximum Gasteiger partial charge on any atom is 0.292 e. The maximum atomic E-state index is 15.0. The van der Waals surface area contributed by atoms with Gasteiger partial charge in [-0.15, -0.1) is 0 Å². The minimum absolute atomic E-state index is 1.10. The molecule has 6 aromatic carbocycles. The molecular weight excluding hydrogens is 644 g/mol. The second-order valence-corrected chi connectivity index (χ2v) is 18.0. The van der Waals surface area contributed by atoms with Gasteiger partial charge >= 0.3 is 0 Å². The molecule has 47 heavy (non-hydrogen) atoms. The fourth-order valence-corrected chi connectivity index (χ4v) is 12.3. The van der Waals surface area contributed by atoms with Gasteiger partial charge in [0.2, 0.25) is 0 Å². The molecule has 1 nitrogen and oxygen atoms in total. The summed E-state index contributed by atoms with van der Waals surface area (Å²) in [4.78, 5) is 0. The Balaban J connectivity index is 1.51. The molecule has 0 atom stereocenters. The van der Waals surface area contributed by atoms with Crippen molar-refractivity contribution < 1.29 is 4.57 Å². The Labute approximate surface area is 282 Å². The van der Waals surface area contributed by atoms with Gasteiger partial charge in [0.05, 0.1) is 0 Å². The lowest BCUT2D eigenvalue weighted by molar-refractivity contribution is 0.594. The number of hydrogen-bond acceptors (Lipinski definition) is 1. The molecule has 0 saturated carbocycles. The summed E-state index contributed by atoms with van der Waals surface area (Å²) in [5.41, 5.74) is 20.0. The van der Waals surface area contributed by atoms with Crippen LogP contribution in [0.15, 0.2) is 182 Å². The molecule has 0 spiro atoms.